The lowest BCUT2D eigenvalue weighted by Gasteiger charge is -2.14. The van der Waals surface area contributed by atoms with E-state index in [1.54, 1.807) is 0 Å². The maximum Gasteiger partial charge on any atom is 0.312 e. The maximum absolute atomic E-state index is 13.4. The van der Waals surface area contributed by atoms with E-state index in [4.69, 9.17) is 4.74 Å². The van der Waals surface area contributed by atoms with Crippen LogP contribution in [0.25, 0.3) is 0 Å². The van der Waals surface area contributed by atoms with E-state index in [0.717, 1.165) is 30.3 Å². The summed E-state index contributed by atoms with van der Waals surface area (Å²) in [5.41, 5.74) is -0.238. The quantitative estimate of drug-likeness (QED) is 0.380. The van der Waals surface area contributed by atoms with E-state index in [0.29, 0.717) is 6.61 Å². The van der Waals surface area contributed by atoms with Crippen LogP contribution in [-0.4, -0.2) is 16.9 Å². The van der Waals surface area contributed by atoms with Gasteiger partial charge in [-0.05, 0) is 22.4 Å². The SMILES string of the molecule is CCCC(CBr)COc1cc(F)c(Br)cc1[N+](=O)[O-]. The molecule has 0 heterocycles. The van der Waals surface area contributed by atoms with Crippen molar-refractivity contribution in [2.24, 2.45) is 5.92 Å². The van der Waals surface area contributed by atoms with E-state index in [2.05, 4.69) is 38.8 Å². The van der Waals surface area contributed by atoms with Gasteiger partial charge in [-0.1, -0.05) is 29.3 Å². The average molecular weight is 399 g/mol. The molecule has 1 aromatic rings. The molecule has 1 unspecified atom stereocenters. The van der Waals surface area contributed by atoms with Gasteiger partial charge < -0.3 is 4.74 Å². The summed E-state index contributed by atoms with van der Waals surface area (Å²) in [6, 6.07) is 2.16. The summed E-state index contributed by atoms with van der Waals surface area (Å²) in [4.78, 5) is 10.3. The first kappa shape index (κ1) is 16.4. The molecule has 1 atom stereocenters. The van der Waals surface area contributed by atoms with Gasteiger partial charge in [0.05, 0.1) is 16.0 Å². The molecule has 0 amide bonds. The summed E-state index contributed by atoms with van der Waals surface area (Å²) < 4.78 is 18.9. The number of nitro groups is 1. The summed E-state index contributed by atoms with van der Waals surface area (Å²) in [5.74, 6) is -0.365. The minimum atomic E-state index is -0.581. The first-order valence-corrected chi connectivity index (χ1v) is 7.73. The number of nitro benzene ring substituents is 1. The number of hydrogen-bond donors (Lipinski definition) is 0. The van der Waals surface area contributed by atoms with Crippen LogP contribution in [0.15, 0.2) is 16.6 Å². The molecular weight excluding hydrogens is 385 g/mol. The highest BCUT2D eigenvalue weighted by molar-refractivity contribution is 9.10. The van der Waals surface area contributed by atoms with Crippen molar-refractivity contribution in [1.82, 2.24) is 0 Å². The Labute approximate surface area is 127 Å². The highest BCUT2D eigenvalue weighted by atomic mass is 79.9. The fourth-order valence-electron chi connectivity index (χ4n) is 1.60. The lowest BCUT2D eigenvalue weighted by atomic mass is 10.1. The molecule has 0 bridgehead atoms. The van der Waals surface area contributed by atoms with Crippen molar-refractivity contribution in [1.29, 1.82) is 0 Å². The van der Waals surface area contributed by atoms with Gasteiger partial charge in [0.1, 0.15) is 5.82 Å². The van der Waals surface area contributed by atoms with Gasteiger partial charge in [0, 0.05) is 23.4 Å². The van der Waals surface area contributed by atoms with Crippen molar-refractivity contribution in [2.75, 3.05) is 11.9 Å². The van der Waals surface area contributed by atoms with Crippen molar-refractivity contribution < 1.29 is 14.1 Å². The van der Waals surface area contributed by atoms with Crippen LogP contribution >= 0.6 is 31.9 Å². The second-order valence-corrected chi connectivity index (χ2v) is 5.61. The lowest BCUT2D eigenvalue weighted by molar-refractivity contribution is -0.386. The van der Waals surface area contributed by atoms with Gasteiger partial charge in [-0.2, -0.15) is 0 Å². The van der Waals surface area contributed by atoms with Gasteiger partial charge in [-0.15, -0.1) is 0 Å². The first-order valence-electron chi connectivity index (χ1n) is 5.81. The molecule has 19 heavy (non-hydrogen) atoms. The Balaban J connectivity index is 2.87. The number of halogens is 3. The monoisotopic (exact) mass is 397 g/mol. The van der Waals surface area contributed by atoms with E-state index < -0.39 is 10.7 Å². The van der Waals surface area contributed by atoms with Crippen molar-refractivity contribution in [3.05, 3.63) is 32.5 Å². The van der Waals surface area contributed by atoms with E-state index >= 15 is 0 Å². The smallest absolute Gasteiger partial charge is 0.312 e. The number of nitrogens with zero attached hydrogens (tertiary/aromatic N) is 1. The summed E-state index contributed by atoms with van der Waals surface area (Å²) in [6.45, 7) is 2.37. The molecule has 0 N–H and O–H groups in total. The van der Waals surface area contributed by atoms with Crippen LogP contribution in [0.2, 0.25) is 0 Å². The zero-order valence-corrected chi connectivity index (χ0v) is 13.5. The molecule has 1 aromatic carbocycles. The molecule has 0 saturated carbocycles. The maximum atomic E-state index is 13.4. The van der Waals surface area contributed by atoms with Crippen LogP contribution in [0.3, 0.4) is 0 Å². The number of ether oxygens (including phenoxy) is 1. The third kappa shape index (κ3) is 4.72. The van der Waals surface area contributed by atoms with Gasteiger partial charge >= 0.3 is 5.69 Å². The van der Waals surface area contributed by atoms with Crippen molar-refractivity contribution in [2.45, 2.75) is 19.8 Å². The Morgan fingerprint density at radius 1 is 1.53 bits per heavy atom. The standard InChI is InChI=1S/C12H14Br2FNO3/c1-2-3-8(6-13)7-19-12-5-10(15)9(14)4-11(12)16(17)18/h4-5,8H,2-3,6-7H2,1H3. The zero-order valence-electron chi connectivity index (χ0n) is 10.4. The summed E-state index contributed by atoms with van der Waals surface area (Å²) >= 11 is 6.29. The number of alkyl halides is 1. The Morgan fingerprint density at radius 2 is 2.21 bits per heavy atom. The molecule has 0 aliphatic carbocycles. The van der Waals surface area contributed by atoms with Gasteiger partial charge in [0.15, 0.2) is 5.75 Å². The molecular formula is C12H14Br2FNO3. The molecule has 106 valence electrons. The Morgan fingerprint density at radius 3 is 2.74 bits per heavy atom. The molecule has 0 saturated heterocycles. The first-order chi connectivity index (χ1) is 8.99. The minimum absolute atomic E-state index is 0.0345. The fourth-order valence-corrected chi connectivity index (χ4v) is 2.44. The molecule has 0 spiro atoms. The molecule has 4 nitrogen and oxygen atoms in total. The van der Waals surface area contributed by atoms with E-state index in [-0.39, 0.29) is 21.8 Å². The van der Waals surface area contributed by atoms with Crippen LogP contribution in [0.4, 0.5) is 10.1 Å². The highest BCUT2D eigenvalue weighted by Gasteiger charge is 2.20. The molecule has 0 radical (unpaired) electrons. The Kier molecular flexibility index (Phi) is 6.71. The van der Waals surface area contributed by atoms with Gasteiger partial charge in [0.25, 0.3) is 0 Å². The molecule has 0 fully saturated rings. The minimum Gasteiger partial charge on any atom is -0.486 e. The van der Waals surface area contributed by atoms with Crippen molar-refractivity contribution >= 4 is 37.5 Å². The number of hydrogen-bond acceptors (Lipinski definition) is 3. The second kappa shape index (κ2) is 7.79. The summed E-state index contributed by atoms with van der Waals surface area (Å²) in [6.07, 6.45) is 1.94. The highest BCUT2D eigenvalue weighted by Crippen LogP contribution is 2.33. The third-order valence-electron chi connectivity index (χ3n) is 2.59. The van der Waals surface area contributed by atoms with Crippen LogP contribution in [0.1, 0.15) is 19.8 Å². The molecule has 0 aromatic heterocycles. The van der Waals surface area contributed by atoms with Gasteiger partial charge in [0.2, 0.25) is 0 Å². The van der Waals surface area contributed by atoms with Crippen molar-refractivity contribution in [3.8, 4) is 5.75 Å². The number of rotatable bonds is 7. The average Bonchev–Trinajstić information content (AvgIpc) is 2.37. The van der Waals surface area contributed by atoms with Gasteiger partial charge in [-0.3, -0.25) is 10.1 Å². The largest absolute Gasteiger partial charge is 0.486 e. The van der Waals surface area contributed by atoms with E-state index in [9.17, 15) is 14.5 Å². The molecule has 0 aliphatic rings. The molecule has 0 aliphatic heterocycles. The normalized spacial score (nSPS) is 12.2. The predicted molar refractivity (Wildman–Crippen MR) is 78.4 cm³/mol. The van der Waals surface area contributed by atoms with Crippen molar-refractivity contribution in [3.63, 3.8) is 0 Å². The second-order valence-electron chi connectivity index (χ2n) is 4.11. The summed E-state index contributed by atoms with van der Waals surface area (Å²) in [5, 5.41) is 11.6. The van der Waals surface area contributed by atoms with Crippen LogP contribution in [0, 0.1) is 21.8 Å². The Hall–Kier alpha value is -0.690. The number of benzene rings is 1. The predicted octanol–water partition coefficient (Wildman–Crippen LogP) is 4.69. The van der Waals surface area contributed by atoms with Crippen LogP contribution < -0.4 is 4.74 Å². The lowest BCUT2D eigenvalue weighted by Crippen LogP contribution is -2.14. The van der Waals surface area contributed by atoms with Crippen LogP contribution in [0.5, 0.6) is 5.75 Å². The Bertz CT molecular complexity index is 457. The van der Waals surface area contributed by atoms with E-state index in [1.165, 1.54) is 0 Å². The zero-order chi connectivity index (χ0) is 14.4. The fraction of sp³-hybridized carbons (Fsp3) is 0.500. The van der Waals surface area contributed by atoms with E-state index in [1.807, 2.05) is 0 Å². The molecule has 7 heteroatoms. The van der Waals surface area contributed by atoms with Gasteiger partial charge in [-0.25, -0.2) is 4.39 Å². The summed E-state index contributed by atoms with van der Waals surface area (Å²) in [7, 11) is 0. The van der Waals surface area contributed by atoms with Crippen LogP contribution in [-0.2, 0) is 0 Å². The third-order valence-corrected chi connectivity index (χ3v) is 4.11. The topological polar surface area (TPSA) is 52.4 Å². The molecule has 1 rings (SSSR count).